The first-order valence-corrected chi connectivity index (χ1v) is 7.48. The van der Waals surface area contributed by atoms with Gasteiger partial charge < -0.3 is 20.7 Å². The summed E-state index contributed by atoms with van der Waals surface area (Å²) in [5, 5.41) is 11.5. The molecule has 6 nitrogen and oxygen atoms in total. The zero-order chi connectivity index (χ0) is 16.2. The van der Waals surface area contributed by atoms with E-state index in [1.165, 1.54) is 6.92 Å². The minimum Gasteiger partial charge on any atom is -0.378 e. The van der Waals surface area contributed by atoms with Crippen LogP contribution in [0.5, 0.6) is 0 Å². The van der Waals surface area contributed by atoms with Crippen molar-refractivity contribution in [1.29, 1.82) is 0 Å². The minimum absolute atomic E-state index is 0.0607. The third kappa shape index (κ3) is 8.43. The number of rotatable bonds is 8. The molecule has 0 fully saturated rings. The lowest BCUT2D eigenvalue weighted by molar-refractivity contribution is -0.119. The molecule has 0 radical (unpaired) electrons. The standard InChI is InChI=1S/C14H18N4O2S2/c1-11(19)15-6-8-20-9-7-16-14(22)18-13-4-2-12(3-5-13)17-10-21/h2-5H,6-9H2,1H3,(H,15,19)(H2,16,18,22). The smallest absolute Gasteiger partial charge is 0.216 e. The largest absolute Gasteiger partial charge is 0.378 e. The number of nitrogens with zero attached hydrogens (tertiary/aromatic N) is 1. The molecule has 0 bridgehead atoms. The fraction of sp³-hybridized carbons (Fsp3) is 0.357. The molecule has 1 aromatic rings. The number of amides is 1. The monoisotopic (exact) mass is 338 g/mol. The number of benzene rings is 1. The third-order valence-electron chi connectivity index (χ3n) is 2.45. The zero-order valence-electron chi connectivity index (χ0n) is 12.2. The zero-order valence-corrected chi connectivity index (χ0v) is 13.9. The first kappa shape index (κ1) is 18.2. The molecule has 0 saturated carbocycles. The van der Waals surface area contributed by atoms with Gasteiger partial charge in [-0.2, -0.15) is 4.99 Å². The van der Waals surface area contributed by atoms with Gasteiger partial charge in [-0.15, -0.1) is 0 Å². The number of nitrogens with one attached hydrogen (secondary N) is 3. The van der Waals surface area contributed by atoms with Gasteiger partial charge in [0.05, 0.1) is 24.1 Å². The van der Waals surface area contributed by atoms with Crippen molar-refractivity contribution < 1.29 is 9.53 Å². The maximum Gasteiger partial charge on any atom is 0.216 e. The van der Waals surface area contributed by atoms with Gasteiger partial charge in [0.1, 0.15) is 0 Å². The molecule has 0 aliphatic heterocycles. The van der Waals surface area contributed by atoms with E-state index in [2.05, 4.69) is 38.3 Å². The highest BCUT2D eigenvalue weighted by atomic mass is 32.1. The van der Waals surface area contributed by atoms with Crippen molar-refractivity contribution in [1.82, 2.24) is 10.6 Å². The van der Waals surface area contributed by atoms with Crippen molar-refractivity contribution in [2.45, 2.75) is 6.92 Å². The van der Waals surface area contributed by atoms with E-state index in [1.54, 1.807) is 0 Å². The van der Waals surface area contributed by atoms with Crippen LogP contribution in [0.1, 0.15) is 6.92 Å². The molecule has 22 heavy (non-hydrogen) atoms. The predicted molar refractivity (Wildman–Crippen MR) is 94.9 cm³/mol. The Bertz CT molecular complexity index is 542. The summed E-state index contributed by atoms with van der Waals surface area (Å²) < 4.78 is 5.33. The van der Waals surface area contributed by atoms with Crippen molar-refractivity contribution in [2.24, 2.45) is 4.99 Å². The quantitative estimate of drug-likeness (QED) is 0.382. The van der Waals surface area contributed by atoms with E-state index >= 15 is 0 Å². The number of ether oxygens (including phenoxy) is 1. The summed E-state index contributed by atoms with van der Waals surface area (Å²) in [6, 6.07) is 7.33. The van der Waals surface area contributed by atoms with Crippen LogP contribution in [0.3, 0.4) is 0 Å². The molecular weight excluding hydrogens is 320 g/mol. The molecule has 0 unspecified atom stereocenters. The van der Waals surface area contributed by atoms with Crippen LogP contribution < -0.4 is 16.0 Å². The van der Waals surface area contributed by atoms with Gasteiger partial charge in [0.2, 0.25) is 5.91 Å². The fourth-order valence-corrected chi connectivity index (χ4v) is 1.81. The number of carbonyl (C=O) groups excluding carboxylic acids is 1. The second-order valence-corrected chi connectivity index (χ2v) is 4.82. The van der Waals surface area contributed by atoms with Crippen LogP contribution in [-0.4, -0.2) is 42.5 Å². The summed E-state index contributed by atoms with van der Waals surface area (Å²) >= 11 is 9.71. The van der Waals surface area contributed by atoms with Gasteiger partial charge in [-0.1, -0.05) is 0 Å². The molecule has 8 heteroatoms. The van der Waals surface area contributed by atoms with Crippen molar-refractivity contribution in [3.63, 3.8) is 0 Å². The first-order chi connectivity index (χ1) is 10.6. The van der Waals surface area contributed by atoms with Gasteiger partial charge in [0, 0.05) is 25.7 Å². The van der Waals surface area contributed by atoms with Crippen molar-refractivity contribution >= 4 is 52.0 Å². The van der Waals surface area contributed by atoms with Crippen molar-refractivity contribution in [3.05, 3.63) is 24.3 Å². The van der Waals surface area contributed by atoms with E-state index < -0.39 is 0 Å². The van der Waals surface area contributed by atoms with Gasteiger partial charge >= 0.3 is 0 Å². The molecule has 1 rings (SSSR count). The van der Waals surface area contributed by atoms with Crippen LogP contribution >= 0.6 is 24.4 Å². The minimum atomic E-state index is -0.0607. The number of anilines is 1. The van der Waals surface area contributed by atoms with Gasteiger partial charge in [-0.3, -0.25) is 4.79 Å². The fourth-order valence-electron chi connectivity index (χ4n) is 1.49. The average Bonchev–Trinajstić information content (AvgIpc) is 2.48. The molecule has 3 N–H and O–H groups in total. The maximum absolute atomic E-state index is 10.6. The summed E-state index contributed by atoms with van der Waals surface area (Å²) in [4.78, 5) is 14.5. The molecule has 0 atom stereocenters. The molecule has 0 aliphatic carbocycles. The van der Waals surface area contributed by atoms with Crippen LogP contribution in [-0.2, 0) is 9.53 Å². The summed E-state index contributed by atoms with van der Waals surface area (Å²) in [7, 11) is 0. The highest BCUT2D eigenvalue weighted by Crippen LogP contribution is 2.15. The average molecular weight is 338 g/mol. The molecule has 1 amide bonds. The van der Waals surface area contributed by atoms with E-state index in [4.69, 9.17) is 17.0 Å². The Labute approximate surface area is 140 Å². The second-order valence-electron chi connectivity index (χ2n) is 4.23. The Hall–Kier alpha value is -1.86. The highest BCUT2D eigenvalue weighted by molar-refractivity contribution is 7.80. The van der Waals surface area contributed by atoms with Crippen LogP contribution in [0.4, 0.5) is 11.4 Å². The first-order valence-electron chi connectivity index (χ1n) is 6.67. The molecular formula is C14H18N4O2S2. The molecule has 0 heterocycles. The Morgan fingerprint density at radius 2 is 1.86 bits per heavy atom. The molecule has 0 aromatic heterocycles. The number of isothiocyanates is 1. The van der Waals surface area contributed by atoms with E-state index in [9.17, 15) is 4.79 Å². The van der Waals surface area contributed by atoms with Gasteiger partial charge in [-0.25, -0.2) is 0 Å². The molecule has 1 aromatic carbocycles. The lowest BCUT2D eigenvalue weighted by Gasteiger charge is -2.11. The Morgan fingerprint density at radius 3 is 2.45 bits per heavy atom. The summed E-state index contributed by atoms with van der Waals surface area (Å²) in [5.74, 6) is -0.0607. The van der Waals surface area contributed by atoms with Crippen molar-refractivity contribution in [2.75, 3.05) is 31.6 Å². The normalized spacial score (nSPS) is 9.50. The Morgan fingerprint density at radius 1 is 1.23 bits per heavy atom. The summed E-state index contributed by atoms with van der Waals surface area (Å²) in [5.41, 5.74) is 1.60. The predicted octanol–water partition coefficient (Wildman–Crippen LogP) is 1.86. The lowest BCUT2D eigenvalue weighted by Crippen LogP contribution is -2.32. The Kier molecular flexibility index (Phi) is 8.94. The topological polar surface area (TPSA) is 74.8 Å². The molecule has 0 saturated heterocycles. The molecule has 0 spiro atoms. The van der Waals surface area contributed by atoms with Crippen molar-refractivity contribution in [3.8, 4) is 0 Å². The summed E-state index contributed by atoms with van der Waals surface area (Å²) in [6.45, 7) is 3.54. The Balaban J connectivity index is 2.15. The van der Waals surface area contributed by atoms with E-state index in [0.29, 0.717) is 31.4 Å². The third-order valence-corrected chi connectivity index (χ3v) is 2.79. The number of thiocarbonyl (C=S) groups is 2. The second kappa shape index (κ2) is 10.8. The van der Waals surface area contributed by atoms with E-state index in [-0.39, 0.29) is 5.91 Å². The van der Waals surface area contributed by atoms with Gasteiger partial charge in [0.15, 0.2) is 5.11 Å². The van der Waals surface area contributed by atoms with Crippen LogP contribution in [0.15, 0.2) is 29.3 Å². The number of hydrogen-bond acceptors (Lipinski definition) is 5. The summed E-state index contributed by atoms with van der Waals surface area (Å²) in [6.07, 6.45) is 0. The number of carbonyl (C=O) groups is 1. The lowest BCUT2D eigenvalue weighted by atomic mass is 10.3. The van der Waals surface area contributed by atoms with Gasteiger partial charge in [-0.05, 0) is 48.7 Å². The number of aliphatic imine (C=N–C) groups is 1. The van der Waals surface area contributed by atoms with Crippen LogP contribution in [0.25, 0.3) is 0 Å². The maximum atomic E-state index is 10.6. The molecule has 0 aliphatic rings. The SMILES string of the molecule is CC(=O)NCCOCCNC(=S)Nc1ccc(N=C=S)cc1. The van der Waals surface area contributed by atoms with Gasteiger partial charge in [0.25, 0.3) is 0 Å². The van der Waals surface area contributed by atoms with Crippen LogP contribution in [0, 0.1) is 0 Å². The number of hydrogen-bond donors (Lipinski definition) is 3. The molecule has 118 valence electrons. The highest BCUT2D eigenvalue weighted by Gasteiger charge is 1.98. The van der Waals surface area contributed by atoms with E-state index in [0.717, 1.165) is 11.4 Å². The van der Waals surface area contributed by atoms with Crippen LogP contribution in [0.2, 0.25) is 0 Å². The van der Waals surface area contributed by atoms with E-state index in [1.807, 2.05) is 24.3 Å².